The predicted molar refractivity (Wildman–Crippen MR) is 303 cm³/mol. The van der Waals surface area contributed by atoms with Crippen LogP contribution in [0.2, 0.25) is 10.0 Å². The number of aromatic nitrogens is 2. The van der Waals surface area contributed by atoms with Crippen LogP contribution in [-0.4, -0.2) is 136 Å². The molecule has 0 saturated carbocycles. The van der Waals surface area contributed by atoms with Gasteiger partial charge >= 0.3 is 0 Å². The second-order valence-corrected chi connectivity index (χ2v) is 23.6. The Labute approximate surface area is 457 Å². The van der Waals surface area contributed by atoms with E-state index in [1.54, 1.807) is 0 Å². The molecule has 8 heterocycles. The van der Waals surface area contributed by atoms with Crippen molar-refractivity contribution in [2.45, 2.75) is 128 Å². The maximum atomic E-state index is 15.8. The van der Waals surface area contributed by atoms with Crippen LogP contribution >= 0.6 is 23.2 Å². The number of Topliss-reactive ketones (excluding diaryl/α,β-unsaturated/α-hetero) is 1. The maximum Gasteiger partial charge on any atom is 0.175 e. The number of carbonyl (C=O) groups excluding carboxylic acids is 1. The van der Waals surface area contributed by atoms with Gasteiger partial charge in [-0.1, -0.05) is 61.0 Å². The van der Waals surface area contributed by atoms with Crippen molar-refractivity contribution in [1.82, 2.24) is 40.2 Å². The van der Waals surface area contributed by atoms with E-state index < -0.39 is 24.3 Å². The number of likely N-dealkylation sites (tertiary alicyclic amines) is 4. The van der Waals surface area contributed by atoms with Crippen LogP contribution in [0.3, 0.4) is 0 Å². The summed E-state index contributed by atoms with van der Waals surface area (Å²) in [7, 11) is 0. The van der Waals surface area contributed by atoms with Crippen LogP contribution in [0.15, 0.2) is 60.7 Å². The molecule has 13 nitrogen and oxygen atoms in total. The summed E-state index contributed by atoms with van der Waals surface area (Å²) in [5.41, 5.74) is 11.2. The Hall–Kier alpha value is -4.51. The molecule has 2 aromatic heterocycles. The fourth-order valence-electron chi connectivity index (χ4n) is 13.3. The molecule has 6 aliphatic rings. The Morgan fingerprint density at radius 3 is 1.30 bits per heavy atom. The van der Waals surface area contributed by atoms with E-state index >= 15 is 4.79 Å². The number of carbonyl (C=O) groups is 1. The molecular formula is C61H76Cl2N8O5. The van der Waals surface area contributed by atoms with Crippen molar-refractivity contribution in [3.05, 3.63) is 104 Å². The number of ether oxygens (including phenoxy) is 2. The highest BCUT2D eigenvalue weighted by atomic mass is 35.5. The SMILES string of the molecule is O=C(C1NCc2c(Cl)c(OCC(O)CN3CCCCC3)cc(-c3cc4cc(CN5CCCCC5)ccc4[nH]3)c21)C1NCc2c(Cl)c(OCC(O)CN3CCCCC3)cc(-c3cc4cc(CN5CCCCC5)ccc4[nH]3)c21. The lowest BCUT2D eigenvalue weighted by Gasteiger charge is -2.28. The van der Waals surface area contributed by atoms with Crippen molar-refractivity contribution in [1.29, 1.82) is 0 Å². The minimum atomic E-state index is -0.738. The fraction of sp³-hybridized carbons (Fsp3) is 0.525. The number of H-pyrrole nitrogens is 2. The smallest absolute Gasteiger partial charge is 0.175 e. The van der Waals surface area contributed by atoms with E-state index in [0.717, 1.165) is 158 Å². The zero-order valence-corrected chi connectivity index (χ0v) is 45.6. The van der Waals surface area contributed by atoms with Crippen molar-refractivity contribution < 1.29 is 24.5 Å². The summed E-state index contributed by atoms with van der Waals surface area (Å²) in [5.74, 6) is 0.915. The monoisotopic (exact) mass is 1070 g/mol. The molecule has 0 radical (unpaired) electrons. The average Bonchev–Trinajstić information content (AvgIpc) is 4.30. The van der Waals surface area contributed by atoms with Gasteiger partial charge in [-0.25, -0.2) is 0 Å². The van der Waals surface area contributed by atoms with Crippen LogP contribution in [0.25, 0.3) is 44.3 Å². The molecular weight excluding hydrogens is 996 g/mol. The summed E-state index contributed by atoms with van der Waals surface area (Å²) < 4.78 is 13.0. The number of aliphatic hydroxyl groups is 2. The van der Waals surface area contributed by atoms with Gasteiger partial charge in [-0.15, -0.1) is 0 Å². The van der Waals surface area contributed by atoms with Crippen LogP contribution in [0.5, 0.6) is 11.5 Å². The molecule has 0 bridgehead atoms. The van der Waals surface area contributed by atoms with Crippen molar-refractivity contribution in [3.8, 4) is 34.0 Å². The molecule has 6 aromatic rings. The van der Waals surface area contributed by atoms with Gasteiger partial charge in [0.15, 0.2) is 5.78 Å². The number of hydrogen-bond donors (Lipinski definition) is 6. The lowest BCUT2D eigenvalue weighted by molar-refractivity contribution is -0.123. The number of halogens is 2. The van der Waals surface area contributed by atoms with E-state index in [-0.39, 0.29) is 19.0 Å². The van der Waals surface area contributed by atoms with Crippen LogP contribution in [0, 0.1) is 0 Å². The first-order valence-corrected chi connectivity index (χ1v) is 29.4. The highest BCUT2D eigenvalue weighted by Crippen LogP contribution is 2.49. The second kappa shape index (κ2) is 23.4. The molecule has 0 spiro atoms. The standard InChI is InChI=1S/C61H76Cl2N8O5/c62-57-47-31-64-59(55(47)45(29-53(57)75-37-43(72)35-70-21-9-3-10-22-70)51-27-41-25-39(13-15-49(41)66-51)33-68-17-5-1-6-18-68)61(74)60-56-46(52-28-42-26-40(14-16-50(42)67-52)34-69-19-7-2-8-20-69)30-54(58(63)48(56)32-65-60)76-38-44(73)36-71-23-11-4-12-24-71/h13-16,25-30,43-44,59-60,64-67,72-73H,1-12,17-24,31-38H2. The van der Waals surface area contributed by atoms with Gasteiger partial charge < -0.3 is 39.5 Å². The molecule has 0 amide bonds. The molecule has 404 valence electrons. The Bertz CT molecular complexity index is 2830. The number of hydrogen-bond acceptors (Lipinski definition) is 11. The maximum absolute atomic E-state index is 15.8. The number of β-amino-alcohol motifs (C(OH)–C–C–N with tert-alkyl or cyclic N) is 2. The fourth-order valence-corrected chi connectivity index (χ4v) is 13.8. The third-order valence-corrected chi connectivity index (χ3v) is 18.0. The van der Waals surface area contributed by atoms with E-state index in [1.165, 1.54) is 62.5 Å². The van der Waals surface area contributed by atoms with Crippen molar-refractivity contribution in [3.63, 3.8) is 0 Å². The van der Waals surface area contributed by atoms with E-state index in [2.05, 4.69) is 88.7 Å². The van der Waals surface area contributed by atoms with E-state index in [4.69, 9.17) is 32.7 Å². The molecule has 6 N–H and O–H groups in total. The summed E-state index contributed by atoms with van der Waals surface area (Å²) in [5, 5.41) is 32.8. The Morgan fingerprint density at radius 2 is 0.908 bits per heavy atom. The molecule has 4 atom stereocenters. The summed E-state index contributed by atoms with van der Waals surface area (Å²) in [6.07, 6.45) is 13.2. The molecule has 0 aliphatic carbocycles. The summed E-state index contributed by atoms with van der Waals surface area (Å²) in [6, 6.07) is 20.2. The topological polar surface area (TPSA) is 145 Å². The predicted octanol–water partition coefficient (Wildman–Crippen LogP) is 10.3. The molecule has 4 fully saturated rings. The van der Waals surface area contributed by atoms with E-state index in [9.17, 15) is 10.2 Å². The highest BCUT2D eigenvalue weighted by Gasteiger charge is 2.42. The first-order valence-electron chi connectivity index (χ1n) is 28.7. The van der Waals surface area contributed by atoms with Crippen molar-refractivity contribution in [2.75, 3.05) is 78.7 Å². The third kappa shape index (κ3) is 11.3. The first-order chi connectivity index (χ1) is 37.2. The minimum absolute atomic E-state index is 0.0526. The number of nitrogens with one attached hydrogen (secondary N) is 4. The lowest BCUT2D eigenvalue weighted by Crippen LogP contribution is -2.38. The van der Waals surface area contributed by atoms with Crippen molar-refractivity contribution >= 4 is 50.8 Å². The molecule has 4 saturated heterocycles. The zero-order chi connectivity index (χ0) is 51.7. The normalized spacial score (nSPS) is 21.8. The van der Waals surface area contributed by atoms with E-state index in [1.807, 2.05) is 12.1 Å². The third-order valence-electron chi connectivity index (χ3n) is 17.2. The Balaban J connectivity index is 0.891. The van der Waals surface area contributed by atoms with Gasteiger partial charge in [0.2, 0.25) is 0 Å². The number of nitrogens with zero attached hydrogens (tertiary/aromatic N) is 4. The van der Waals surface area contributed by atoms with Gasteiger partial charge in [0.05, 0.1) is 22.1 Å². The van der Waals surface area contributed by atoms with Gasteiger partial charge in [-0.05, 0) is 186 Å². The van der Waals surface area contributed by atoms with Gasteiger partial charge in [0, 0.05) is 83.6 Å². The minimum Gasteiger partial charge on any atom is -0.489 e. The second-order valence-electron chi connectivity index (χ2n) is 22.8. The number of aliphatic hydroxyl groups excluding tert-OH is 2. The van der Waals surface area contributed by atoms with E-state index in [0.29, 0.717) is 47.7 Å². The number of benzene rings is 4. The van der Waals surface area contributed by atoms with Gasteiger partial charge in [0.25, 0.3) is 0 Å². The zero-order valence-electron chi connectivity index (χ0n) is 44.0. The number of ketones is 1. The molecule has 12 rings (SSSR count). The molecule has 6 aliphatic heterocycles. The molecule has 4 unspecified atom stereocenters. The summed E-state index contributed by atoms with van der Waals surface area (Å²) in [4.78, 5) is 32.9. The number of rotatable bonds is 18. The molecule has 76 heavy (non-hydrogen) atoms. The van der Waals surface area contributed by atoms with Gasteiger partial charge in [-0.2, -0.15) is 0 Å². The largest absolute Gasteiger partial charge is 0.489 e. The lowest BCUT2D eigenvalue weighted by atomic mass is 9.87. The molecule has 4 aromatic carbocycles. The van der Waals surface area contributed by atoms with Crippen LogP contribution in [0.1, 0.15) is 123 Å². The Morgan fingerprint density at radius 1 is 0.526 bits per heavy atom. The number of fused-ring (bicyclic) bond motifs is 4. The number of aromatic amines is 2. The van der Waals surface area contributed by atoms with Crippen LogP contribution in [-0.2, 0) is 31.0 Å². The average molecular weight is 1070 g/mol. The summed E-state index contributed by atoms with van der Waals surface area (Å²) in [6.45, 7) is 12.2. The quantitative estimate of drug-likeness (QED) is 0.0490. The summed E-state index contributed by atoms with van der Waals surface area (Å²) >= 11 is 14.8. The Kier molecular flexibility index (Phi) is 16.1. The first kappa shape index (κ1) is 52.2. The van der Waals surface area contributed by atoms with Crippen molar-refractivity contribution in [2.24, 2.45) is 0 Å². The molecule has 15 heteroatoms. The van der Waals surface area contributed by atoms with Gasteiger partial charge in [0.1, 0.15) is 36.9 Å². The number of piperidine rings is 4. The highest BCUT2D eigenvalue weighted by molar-refractivity contribution is 6.34. The van der Waals surface area contributed by atoms with Crippen LogP contribution in [0.4, 0.5) is 0 Å². The van der Waals surface area contributed by atoms with Gasteiger partial charge in [-0.3, -0.25) is 25.2 Å². The van der Waals surface area contributed by atoms with Crippen LogP contribution < -0.4 is 20.1 Å².